The van der Waals surface area contributed by atoms with Gasteiger partial charge in [0.25, 0.3) is 5.91 Å². The van der Waals surface area contributed by atoms with Crippen LogP contribution in [0.15, 0.2) is 30.3 Å². The Bertz CT molecular complexity index is 731. The molecule has 0 saturated heterocycles. The van der Waals surface area contributed by atoms with Crippen LogP contribution < -0.4 is 5.32 Å². The minimum atomic E-state index is -0.344. The van der Waals surface area contributed by atoms with Gasteiger partial charge in [-0.15, -0.1) is 5.10 Å². The molecular weight excluding hydrogens is 318 g/mol. The molecule has 134 valence electrons. The molecule has 0 spiro atoms. The molecule has 1 aromatic heterocycles. The van der Waals surface area contributed by atoms with Crippen molar-refractivity contribution in [3.63, 3.8) is 0 Å². The summed E-state index contributed by atoms with van der Waals surface area (Å²) in [5.74, 6) is 0.177. The third kappa shape index (κ3) is 5.49. The summed E-state index contributed by atoms with van der Waals surface area (Å²) < 4.78 is 1.40. The summed E-state index contributed by atoms with van der Waals surface area (Å²) >= 11 is 0. The number of amides is 1. The van der Waals surface area contributed by atoms with E-state index in [4.69, 9.17) is 0 Å². The predicted molar refractivity (Wildman–Crippen MR) is 96.3 cm³/mol. The number of aliphatic hydroxyl groups is 1. The average molecular weight is 343 g/mol. The van der Waals surface area contributed by atoms with Crippen LogP contribution in [-0.2, 0) is 4.79 Å². The molecule has 0 aliphatic carbocycles. The summed E-state index contributed by atoms with van der Waals surface area (Å²) in [6, 6.07) is 9.14. The van der Waals surface area contributed by atoms with E-state index in [1.807, 2.05) is 30.3 Å². The molecular formula is C18H25N5O2. The van der Waals surface area contributed by atoms with Crippen LogP contribution in [-0.4, -0.2) is 43.9 Å². The van der Waals surface area contributed by atoms with E-state index in [0.717, 1.165) is 5.56 Å². The molecule has 2 N–H and O–H groups in total. The van der Waals surface area contributed by atoms with E-state index in [-0.39, 0.29) is 24.0 Å². The van der Waals surface area contributed by atoms with Gasteiger partial charge in [-0.05, 0) is 40.8 Å². The minimum Gasteiger partial charge on any atom is -0.394 e. The summed E-state index contributed by atoms with van der Waals surface area (Å²) in [7, 11) is 0. The molecule has 2 rings (SSSR count). The molecule has 1 heterocycles. The van der Waals surface area contributed by atoms with Crippen LogP contribution in [0.25, 0.3) is 11.8 Å². The number of nitrogens with zero attached hydrogens (tertiary/aromatic N) is 4. The largest absolute Gasteiger partial charge is 0.394 e. The Kier molecular flexibility index (Phi) is 6.03. The van der Waals surface area contributed by atoms with Gasteiger partial charge in [0.2, 0.25) is 0 Å². The first-order valence-corrected chi connectivity index (χ1v) is 8.24. The van der Waals surface area contributed by atoms with Gasteiger partial charge in [0.05, 0.1) is 12.6 Å². The zero-order valence-corrected chi connectivity index (χ0v) is 15.1. The van der Waals surface area contributed by atoms with Crippen molar-refractivity contribution in [3.05, 3.63) is 41.7 Å². The zero-order valence-electron chi connectivity index (χ0n) is 15.1. The van der Waals surface area contributed by atoms with Crippen LogP contribution in [0, 0.1) is 12.3 Å². The molecule has 25 heavy (non-hydrogen) atoms. The van der Waals surface area contributed by atoms with E-state index in [1.165, 1.54) is 4.68 Å². The van der Waals surface area contributed by atoms with Gasteiger partial charge in [-0.1, -0.05) is 51.1 Å². The SMILES string of the molecule is Cc1nnnn1/C(=C/c1ccccc1)C(=O)NC(CO)CC(C)(C)C. The standard InChI is InChI=1S/C18H25N5O2/c1-13-20-21-22-23(13)16(10-14-8-6-5-7-9-14)17(25)19-15(12-24)11-18(2,3)4/h5-10,15,24H,11-12H2,1-4H3,(H,19,25)/b16-10+. The number of nitrogens with one attached hydrogen (secondary N) is 1. The van der Waals surface area contributed by atoms with E-state index in [1.54, 1.807) is 13.0 Å². The first kappa shape index (κ1) is 18.8. The normalized spacial score (nSPS) is 13.6. The average Bonchev–Trinajstić information content (AvgIpc) is 2.97. The molecule has 7 heteroatoms. The highest BCUT2D eigenvalue weighted by molar-refractivity contribution is 6.18. The smallest absolute Gasteiger partial charge is 0.270 e. The highest BCUT2D eigenvalue weighted by atomic mass is 16.3. The van der Waals surface area contributed by atoms with E-state index in [0.29, 0.717) is 17.9 Å². The molecule has 0 aliphatic heterocycles. The number of rotatable bonds is 6. The van der Waals surface area contributed by atoms with Crippen LogP contribution in [0.5, 0.6) is 0 Å². The molecule has 1 amide bonds. The van der Waals surface area contributed by atoms with Gasteiger partial charge in [-0.2, -0.15) is 4.68 Å². The van der Waals surface area contributed by atoms with Gasteiger partial charge in [0.1, 0.15) is 5.70 Å². The van der Waals surface area contributed by atoms with Crippen molar-refractivity contribution >= 4 is 17.7 Å². The van der Waals surface area contributed by atoms with Gasteiger partial charge in [0, 0.05) is 0 Å². The van der Waals surface area contributed by atoms with Crippen molar-refractivity contribution in [2.45, 2.75) is 40.2 Å². The first-order valence-electron chi connectivity index (χ1n) is 8.24. The molecule has 1 atom stereocenters. The first-order chi connectivity index (χ1) is 11.8. The molecule has 7 nitrogen and oxygen atoms in total. The van der Waals surface area contributed by atoms with E-state index in [9.17, 15) is 9.90 Å². The van der Waals surface area contributed by atoms with Gasteiger partial charge in [-0.3, -0.25) is 4.79 Å². The number of carbonyl (C=O) groups is 1. The van der Waals surface area contributed by atoms with Crippen molar-refractivity contribution in [1.82, 2.24) is 25.5 Å². The van der Waals surface area contributed by atoms with E-state index in [2.05, 4.69) is 41.6 Å². The Morgan fingerprint density at radius 3 is 2.52 bits per heavy atom. The van der Waals surface area contributed by atoms with E-state index < -0.39 is 0 Å². The summed E-state index contributed by atoms with van der Waals surface area (Å²) in [4.78, 5) is 12.8. The summed E-state index contributed by atoms with van der Waals surface area (Å²) in [6.45, 7) is 7.79. The lowest BCUT2D eigenvalue weighted by atomic mass is 9.88. The maximum Gasteiger partial charge on any atom is 0.270 e. The van der Waals surface area contributed by atoms with Gasteiger partial charge < -0.3 is 10.4 Å². The lowest BCUT2D eigenvalue weighted by Crippen LogP contribution is -2.41. The Hall–Kier alpha value is -2.54. The Morgan fingerprint density at radius 2 is 2.00 bits per heavy atom. The van der Waals surface area contributed by atoms with Crippen molar-refractivity contribution in [3.8, 4) is 0 Å². The van der Waals surface area contributed by atoms with Gasteiger partial charge in [0.15, 0.2) is 5.82 Å². The van der Waals surface area contributed by atoms with Gasteiger partial charge >= 0.3 is 0 Å². The van der Waals surface area contributed by atoms with Crippen molar-refractivity contribution in [1.29, 1.82) is 0 Å². The number of aryl methyl sites for hydroxylation is 1. The molecule has 0 fully saturated rings. The van der Waals surface area contributed by atoms with Crippen LogP contribution in [0.4, 0.5) is 0 Å². The number of hydrogen-bond donors (Lipinski definition) is 2. The van der Waals surface area contributed by atoms with Crippen molar-refractivity contribution in [2.24, 2.45) is 5.41 Å². The van der Waals surface area contributed by atoms with Crippen LogP contribution in [0.1, 0.15) is 38.6 Å². The minimum absolute atomic E-state index is 0.0191. The number of aliphatic hydroxyl groups excluding tert-OH is 1. The number of hydrogen-bond acceptors (Lipinski definition) is 5. The third-order valence-corrected chi connectivity index (χ3v) is 3.60. The summed E-state index contributed by atoms with van der Waals surface area (Å²) in [5.41, 5.74) is 1.15. The fourth-order valence-electron chi connectivity index (χ4n) is 2.54. The molecule has 1 unspecified atom stereocenters. The number of carbonyl (C=O) groups excluding carboxylic acids is 1. The highest BCUT2D eigenvalue weighted by Crippen LogP contribution is 2.21. The van der Waals surface area contributed by atoms with Crippen molar-refractivity contribution in [2.75, 3.05) is 6.61 Å². The van der Waals surface area contributed by atoms with Crippen LogP contribution >= 0.6 is 0 Å². The van der Waals surface area contributed by atoms with E-state index >= 15 is 0 Å². The lowest BCUT2D eigenvalue weighted by molar-refractivity contribution is -0.117. The molecule has 0 bridgehead atoms. The maximum absolute atomic E-state index is 12.8. The topological polar surface area (TPSA) is 92.9 Å². The summed E-state index contributed by atoms with van der Waals surface area (Å²) in [6.07, 6.45) is 2.38. The quantitative estimate of drug-likeness (QED) is 0.781. The monoisotopic (exact) mass is 343 g/mol. The van der Waals surface area contributed by atoms with Gasteiger partial charge in [-0.25, -0.2) is 0 Å². The third-order valence-electron chi connectivity index (χ3n) is 3.60. The van der Waals surface area contributed by atoms with Crippen LogP contribution in [0.3, 0.4) is 0 Å². The highest BCUT2D eigenvalue weighted by Gasteiger charge is 2.23. The molecule has 0 radical (unpaired) electrons. The fourth-order valence-corrected chi connectivity index (χ4v) is 2.54. The number of tetrazole rings is 1. The second-order valence-electron chi connectivity index (χ2n) is 7.20. The molecule has 0 saturated carbocycles. The molecule has 1 aromatic carbocycles. The predicted octanol–water partition coefficient (Wildman–Crippen LogP) is 1.89. The number of aromatic nitrogens is 4. The van der Waals surface area contributed by atoms with Crippen LogP contribution in [0.2, 0.25) is 0 Å². The zero-order chi connectivity index (χ0) is 18.4. The second-order valence-corrected chi connectivity index (χ2v) is 7.20. The number of benzene rings is 1. The Labute approximate surface area is 147 Å². The lowest BCUT2D eigenvalue weighted by Gasteiger charge is -2.25. The summed E-state index contributed by atoms with van der Waals surface area (Å²) in [5, 5.41) is 23.9. The molecule has 0 aliphatic rings. The molecule has 2 aromatic rings. The maximum atomic E-state index is 12.8. The Morgan fingerprint density at radius 1 is 1.32 bits per heavy atom. The second kappa shape index (κ2) is 8.02. The van der Waals surface area contributed by atoms with Crippen molar-refractivity contribution < 1.29 is 9.90 Å². The fraction of sp³-hybridized carbons (Fsp3) is 0.444. The Balaban J connectivity index is 2.31.